The molecule has 0 atom stereocenters. The van der Waals surface area contributed by atoms with Crippen LogP contribution in [0.4, 0.5) is 0 Å². The van der Waals surface area contributed by atoms with Gasteiger partial charge in [-0.05, 0) is 30.0 Å². The average Bonchev–Trinajstić information content (AvgIpc) is 3.01. The van der Waals surface area contributed by atoms with Crippen molar-refractivity contribution in [2.75, 3.05) is 0 Å². The predicted molar refractivity (Wildman–Crippen MR) is 106 cm³/mol. The first-order chi connectivity index (χ1) is 12.5. The highest BCUT2D eigenvalue weighted by molar-refractivity contribution is 6.04. The Hall–Kier alpha value is -3.21. The summed E-state index contributed by atoms with van der Waals surface area (Å²) in [5.41, 5.74) is 4.09. The van der Waals surface area contributed by atoms with Gasteiger partial charge in [0.1, 0.15) is 16.9 Å². The van der Waals surface area contributed by atoms with Crippen LogP contribution in [0.1, 0.15) is 36.7 Å². The zero-order valence-corrected chi connectivity index (χ0v) is 15.0. The van der Waals surface area contributed by atoms with E-state index in [1.807, 2.05) is 36.4 Å². The number of aromatic nitrogens is 3. The predicted octanol–water partition coefficient (Wildman–Crippen LogP) is 4.19. The molecular formula is C21H20N4O. The third-order valence-electron chi connectivity index (χ3n) is 4.59. The van der Waals surface area contributed by atoms with Crippen molar-refractivity contribution in [1.29, 1.82) is 0 Å². The molecule has 1 N–H and O–H groups in total. The fourth-order valence-corrected chi connectivity index (χ4v) is 3.09. The molecule has 0 spiro atoms. The summed E-state index contributed by atoms with van der Waals surface area (Å²) in [6, 6.07) is 16.0. The van der Waals surface area contributed by atoms with Crippen LogP contribution in [0.5, 0.6) is 0 Å². The van der Waals surface area contributed by atoms with E-state index >= 15 is 0 Å². The van der Waals surface area contributed by atoms with Gasteiger partial charge in [0.2, 0.25) is 0 Å². The van der Waals surface area contributed by atoms with Gasteiger partial charge in [0, 0.05) is 10.9 Å². The third-order valence-corrected chi connectivity index (χ3v) is 4.59. The number of hydrogen-bond acceptors (Lipinski definition) is 3. The Labute approximate surface area is 151 Å². The van der Waals surface area contributed by atoms with Crippen molar-refractivity contribution in [2.24, 2.45) is 5.10 Å². The topological polar surface area (TPSA) is 63.0 Å². The van der Waals surface area contributed by atoms with E-state index in [0.29, 0.717) is 22.8 Å². The van der Waals surface area contributed by atoms with Crippen LogP contribution in [0.25, 0.3) is 21.9 Å². The summed E-state index contributed by atoms with van der Waals surface area (Å²) in [6.07, 6.45) is 1.69. The molecule has 0 radical (unpaired) electrons. The second kappa shape index (κ2) is 6.26. The number of fused-ring (bicyclic) bond motifs is 3. The quantitative estimate of drug-likeness (QED) is 0.566. The van der Waals surface area contributed by atoms with Gasteiger partial charge in [-0.2, -0.15) is 9.78 Å². The number of H-pyrrole nitrogens is 1. The zero-order chi connectivity index (χ0) is 18.3. The minimum Gasteiger partial charge on any atom is -0.349 e. The lowest BCUT2D eigenvalue weighted by atomic mass is 10.0. The molecule has 5 heteroatoms. The van der Waals surface area contributed by atoms with E-state index in [4.69, 9.17) is 0 Å². The van der Waals surface area contributed by atoms with Gasteiger partial charge in [-0.25, -0.2) is 4.98 Å². The fourth-order valence-electron chi connectivity index (χ4n) is 3.09. The van der Waals surface area contributed by atoms with Crippen LogP contribution in [0.15, 0.2) is 58.4 Å². The number of benzene rings is 2. The molecule has 0 saturated heterocycles. The van der Waals surface area contributed by atoms with Crippen molar-refractivity contribution in [1.82, 2.24) is 14.6 Å². The second-order valence-corrected chi connectivity index (χ2v) is 6.74. The van der Waals surface area contributed by atoms with Crippen molar-refractivity contribution < 1.29 is 0 Å². The zero-order valence-electron chi connectivity index (χ0n) is 15.0. The lowest BCUT2D eigenvalue weighted by Gasteiger charge is -2.05. The molecule has 0 amide bonds. The SMILES string of the molecule is Cc1nc2c([nH]c3ccccc32)c(=O)n1/N=C\c1ccc(C(C)C)cc1. The maximum Gasteiger partial charge on any atom is 0.298 e. The van der Waals surface area contributed by atoms with E-state index in [0.717, 1.165) is 16.5 Å². The maximum absolute atomic E-state index is 12.9. The molecule has 0 aliphatic carbocycles. The highest BCUT2D eigenvalue weighted by Crippen LogP contribution is 2.21. The molecule has 0 aliphatic rings. The smallest absolute Gasteiger partial charge is 0.298 e. The van der Waals surface area contributed by atoms with Crippen LogP contribution in [0.2, 0.25) is 0 Å². The number of hydrogen-bond donors (Lipinski definition) is 1. The molecule has 130 valence electrons. The molecule has 0 fully saturated rings. The Morgan fingerprint density at radius 1 is 1.12 bits per heavy atom. The summed E-state index contributed by atoms with van der Waals surface area (Å²) in [4.78, 5) is 20.6. The number of nitrogens with zero attached hydrogens (tertiary/aromatic N) is 3. The van der Waals surface area contributed by atoms with Gasteiger partial charge in [-0.3, -0.25) is 4.79 Å². The van der Waals surface area contributed by atoms with Crippen molar-refractivity contribution in [3.8, 4) is 0 Å². The molecule has 0 aliphatic heterocycles. The summed E-state index contributed by atoms with van der Waals surface area (Å²) >= 11 is 0. The summed E-state index contributed by atoms with van der Waals surface area (Å²) in [5.74, 6) is 1.04. The molecule has 2 aromatic heterocycles. The minimum absolute atomic E-state index is 0.196. The van der Waals surface area contributed by atoms with E-state index in [1.54, 1.807) is 13.1 Å². The highest BCUT2D eigenvalue weighted by atomic mass is 16.1. The lowest BCUT2D eigenvalue weighted by molar-refractivity contribution is 0.769. The molecule has 4 rings (SSSR count). The highest BCUT2D eigenvalue weighted by Gasteiger charge is 2.12. The Bertz CT molecular complexity index is 1180. The van der Waals surface area contributed by atoms with Crippen LogP contribution in [-0.4, -0.2) is 20.9 Å². The van der Waals surface area contributed by atoms with Crippen LogP contribution >= 0.6 is 0 Å². The Kier molecular flexibility index (Phi) is 3.92. The van der Waals surface area contributed by atoms with Crippen molar-refractivity contribution in [3.63, 3.8) is 0 Å². The molecule has 4 aromatic rings. The number of para-hydroxylation sites is 1. The van der Waals surface area contributed by atoms with Crippen molar-refractivity contribution >= 4 is 28.2 Å². The number of rotatable bonds is 3. The van der Waals surface area contributed by atoms with Crippen LogP contribution in [0.3, 0.4) is 0 Å². The number of aryl methyl sites for hydroxylation is 1. The van der Waals surface area contributed by atoms with Gasteiger partial charge < -0.3 is 4.98 Å². The Morgan fingerprint density at radius 2 is 1.85 bits per heavy atom. The molecule has 2 heterocycles. The molecule has 0 saturated carbocycles. The van der Waals surface area contributed by atoms with E-state index in [-0.39, 0.29) is 5.56 Å². The summed E-state index contributed by atoms with van der Waals surface area (Å²) in [6.45, 7) is 6.11. The molecular weight excluding hydrogens is 324 g/mol. The fraction of sp³-hybridized carbons (Fsp3) is 0.190. The van der Waals surface area contributed by atoms with Gasteiger partial charge in [-0.15, -0.1) is 0 Å². The normalized spacial score (nSPS) is 12.0. The molecule has 26 heavy (non-hydrogen) atoms. The monoisotopic (exact) mass is 344 g/mol. The van der Waals surface area contributed by atoms with Gasteiger partial charge >= 0.3 is 0 Å². The second-order valence-electron chi connectivity index (χ2n) is 6.74. The molecule has 2 aromatic carbocycles. The molecule has 0 bridgehead atoms. The Balaban J connectivity index is 1.79. The van der Waals surface area contributed by atoms with Crippen LogP contribution < -0.4 is 5.56 Å². The third kappa shape index (κ3) is 2.71. The van der Waals surface area contributed by atoms with Gasteiger partial charge in [0.25, 0.3) is 5.56 Å². The van der Waals surface area contributed by atoms with Crippen LogP contribution in [-0.2, 0) is 0 Å². The summed E-state index contributed by atoms with van der Waals surface area (Å²) < 4.78 is 1.34. The average molecular weight is 344 g/mol. The summed E-state index contributed by atoms with van der Waals surface area (Å²) in [7, 11) is 0. The molecule has 0 unspecified atom stereocenters. The standard InChI is InChI=1S/C21H20N4O/c1-13(2)16-10-8-15(9-11-16)12-22-25-14(3)23-19-17-6-4-5-7-18(17)24-20(19)21(25)26/h4-13,24H,1-3H3/b22-12-. The minimum atomic E-state index is -0.196. The number of nitrogens with one attached hydrogen (secondary N) is 1. The molecule has 5 nitrogen and oxygen atoms in total. The van der Waals surface area contributed by atoms with Crippen molar-refractivity contribution in [3.05, 3.63) is 75.8 Å². The van der Waals surface area contributed by atoms with E-state index in [2.05, 4.69) is 41.0 Å². The summed E-state index contributed by atoms with van der Waals surface area (Å²) in [5, 5.41) is 5.31. The Morgan fingerprint density at radius 3 is 2.58 bits per heavy atom. The maximum atomic E-state index is 12.9. The number of aromatic amines is 1. The first kappa shape index (κ1) is 16.3. The van der Waals surface area contributed by atoms with Gasteiger partial charge in [-0.1, -0.05) is 56.3 Å². The van der Waals surface area contributed by atoms with Gasteiger partial charge in [0.15, 0.2) is 0 Å². The van der Waals surface area contributed by atoms with E-state index in [9.17, 15) is 4.79 Å². The first-order valence-electron chi connectivity index (χ1n) is 8.69. The van der Waals surface area contributed by atoms with Crippen LogP contribution in [0, 0.1) is 6.92 Å². The largest absolute Gasteiger partial charge is 0.349 e. The van der Waals surface area contributed by atoms with Crippen molar-refractivity contribution in [2.45, 2.75) is 26.7 Å². The first-order valence-corrected chi connectivity index (χ1v) is 8.69. The lowest BCUT2D eigenvalue weighted by Crippen LogP contribution is -2.20. The van der Waals surface area contributed by atoms with E-state index in [1.165, 1.54) is 10.2 Å². The van der Waals surface area contributed by atoms with Gasteiger partial charge in [0.05, 0.1) is 6.21 Å². The van der Waals surface area contributed by atoms with E-state index < -0.39 is 0 Å².